The van der Waals surface area contributed by atoms with Crippen LogP contribution in [0.1, 0.15) is 17.3 Å². The summed E-state index contributed by atoms with van der Waals surface area (Å²) in [7, 11) is 0. The predicted molar refractivity (Wildman–Crippen MR) is 111 cm³/mol. The SMILES string of the molecule is O=C(Nc1ccc(Cl)cc1)N[C@@H](Cc1ccc(Cl)cc1)Cc1nnc(CCO)o1. The number of halogens is 2. The molecule has 0 aliphatic rings. The fourth-order valence-corrected chi connectivity index (χ4v) is 3.00. The first kappa shape index (κ1) is 21.1. The van der Waals surface area contributed by atoms with Gasteiger partial charge >= 0.3 is 6.03 Å². The van der Waals surface area contributed by atoms with E-state index >= 15 is 0 Å². The zero-order valence-corrected chi connectivity index (χ0v) is 17.0. The van der Waals surface area contributed by atoms with E-state index in [1.54, 1.807) is 36.4 Å². The van der Waals surface area contributed by atoms with Crippen LogP contribution in [0.15, 0.2) is 52.9 Å². The van der Waals surface area contributed by atoms with Crippen LogP contribution in [-0.2, 0) is 19.3 Å². The van der Waals surface area contributed by atoms with Gasteiger partial charge in [0, 0.05) is 34.6 Å². The third kappa shape index (κ3) is 6.74. The van der Waals surface area contributed by atoms with Gasteiger partial charge in [-0.3, -0.25) is 0 Å². The Hall–Kier alpha value is -2.61. The van der Waals surface area contributed by atoms with Gasteiger partial charge in [-0.2, -0.15) is 0 Å². The Bertz CT molecular complexity index is 930. The number of carbonyl (C=O) groups is 1. The van der Waals surface area contributed by atoms with Crippen LogP contribution in [0.5, 0.6) is 0 Å². The van der Waals surface area contributed by atoms with Gasteiger partial charge in [-0.05, 0) is 48.4 Å². The second kappa shape index (κ2) is 10.2. The Kier molecular flexibility index (Phi) is 7.46. The summed E-state index contributed by atoms with van der Waals surface area (Å²) in [6.45, 7) is -0.0718. The lowest BCUT2D eigenvalue weighted by Crippen LogP contribution is -2.40. The molecule has 0 aliphatic carbocycles. The first-order chi connectivity index (χ1) is 14.0. The van der Waals surface area contributed by atoms with Gasteiger partial charge in [0.25, 0.3) is 0 Å². The molecule has 3 N–H and O–H groups in total. The Labute approximate surface area is 178 Å². The maximum absolute atomic E-state index is 12.5. The van der Waals surface area contributed by atoms with Crippen molar-refractivity contribution >= 4 is 34.9 Å². The second-order valence-corrected chi connectivity index (χ2v) is 7.27. The number of hydrogen-bond donors (Lipinski definition) is 3. The highest BCUT2D eigenvalue weighted by atomic mass is 35.5. The fourth-order valence-electron chi connectivity index (χ4n) is 2.74. The maximum Gasteiger partial charge on any atom is 0.319 e. The van der Waals surface area contributed by atoms with Crippen molar-refractivity contribution in [1.29, 1.82) is 0 Å². The van der Waals surface area contributed by atoms with Crippen LogP contribution in [0.25, 0.3) is 0 Å². The molecule has 152 valence electrons. The van der Waals surface area contributed by atoms with Crippen molar-refractivity contribution in [2.24, 2.45) is 0 Å². The van der Waals surface area contributed by atoms with E-state index in [0.29, 0.717) is 46.8 Å². The lowest BCUT2D eigenvalue weighted by Gasteiger charge is -2.18. The van der Waals surface area contributed by atoms with Crippen LogP contribution in [0.3, 0.4) is 0 Å². The fraction of sp³-hybridized carbons (Fsp3) is 0.250. The van der Waals surface area contributed by atoms with Crippen LogP contribution < -0.4 is 10.6 Å². The summed E-state index contributed by atoms with van der Waals surface area (Å²) in [5.74, 6) is 0.748. The first-order valence-electron chi connectivity index (χ1n) is 9.01. The molecule has 0 spiro atoms. The third-order valence-electron chi connectivity index (χ3n) is 4.09. The number of amides is 2. The van der Waals surface area contributed by atoms with Crippen LogP contribution in [0, 0.1) is 0 Å². The average molecular weight is 435 g/mol. The number of anilines is 1. The highest BCUT2D eigenvalue weighted by Gasteiger charge is 2.18. The zero-order chi connectivity index (χ0) is 20.6. The second-order valence-electron chi connectivity index (χ2n) is 6.40. The van der Waals surface area contributed by atoms with Crippen molar-refractivity contribution in [3.63, 3.8) is 0 Å². The number of nitrogens with zero attached hydrogens (tertiary/aromatic N) is 2. The molecule has 2 amide bonds. The first-order valence-corrected chi connectivity index (χ1v) is 9.77. The van der Waals surface area contributed by atoms with E-state index in [2.05, 4.69) is 20.8 Å². The number of rotatable bonds is 8. The van der Waals surface area contributed by atoms with Gasteiger partial charge in [-0.15, -0.1) is 10.2 Å². The number of aliphatic hydroxyl groups is 1. The Balaban J connectivity index is 1.69. The topological polar surface area (TPSA) is 100 Å². The summed E-state index contributed by atoms with van der Waals surface area (Å²) in [6.07, 6.45) is 1.18. The largest absolute Gasteiger partial charge is 0.425 e. The number of benzene rings is 2. The van der Waals surface area contributed by atoms with Gasteiger partial charge in [-0.1, -0.05) is 35.3 Å². The monoisotopic (exact) mass is 434 g/mol. The van der Waals surface area contributed by atoms with Crippen molar-refractivity contribution in [2.45, 2.75) is 25.3 Å². The van der Waals surface area contributed by atoms with Crippen molar-refractivity contribution in [3.8, 4) is 0 Å². The molecule has 0 radical (unpaired) electrons. The predicted octanol–water partition coefficient (Wildman–Crippen LogP) is 3.89. The molecule has 2 aromatic carbocycles. The van der Waals surface area contributed by atoms with Gasteiger partial charge < -0.3 is 20.2 Å². The van der Waals surface area contributed by atoms with Gasteiger partial charge in [0.05, 0.1) is 6.61 Å². The van der Waals surface area contributed by atoms with Crippen molar-refractivity contribution in [2.75, 3.05) is 11.9 Å². The minimum absolute atomic E-state index is 0.0718. The van der Waals surface area contributed by atoms with Crippen LogP contribution in [-0.4, -0.2) is 34.0 Å². The molecule has 0 bridgehead atoms. The molecule has 9 heteroatoms. The zero-order valence-electron chi connectivity index (χ0n) is 15.4. The highest BCUT2D eigenvalue weighted by molar-refractivity contribution is 6.30. The van der Waals surface area contributed by atoms with Crippen LogP contribution >= 0.6 is 23.2 Å². The lowest BCUT2D eigenvalue weighted by atomic mass is 10.0. The molecule has 0 unspecified atom stereocenters. The van der Waals surface area contributed by atoms with E-state index in [1.165, 1.54) is 0 Å². The van der Waals surface area contributed by atoms with Crippen molar-refractivity contribution < 1.29 is 14.3 Å². The lowest BCUT2D eigenvalue weighted by molar-refractivity contribution is 0.247. The minimum Gasteiger partial charge on any atom is -0.425 e. The van der Waals surface area contributed by atoms with E-state index in [0.717, 1.165) is 5.56 Å². The summed E-state index contributed by atoms with van der Waals surface area (Å²) in [4.78, 5) is 12.5. The molecule has 0 fully saturated rings. The van der Waals surface area contributed by atoms with E-state index < -0.39 is 0 Å². The van der Waals surface area contributed by atoms with Crippen LogP contribution in [0.2, 0.25) is 10.0 Å². The highest BCUT2D eigenvalue weighted by Crippen LogP contribution is 2.15. The van der Waals surface area contributed by atoms with E-state index in [4.69, 9.17) is 32.7 Å². The molecule has 3 aromatic rings. The molecule has 7 nitrogen and oxygen atoms in total. The van der Waals surface area contributed by atoms with Gasteiger partial charge in [0.2, 0.25) is 11.8 Å². The summed E-state index contributed by atoms with van der Waals surface area (Å²) in [6, 6.07) is 13.6. The standard InChI is InChI=1S/C20H20Cl2N4O3/c21-14-3-1-13(2-4-14)11-17(12-19-26-25-18(29-19)9-10-27)24-20(28)23-16-7-5-15(22)6-8-16/h1-8,17,27H,9-12H2,(H2,23,24,28)/t17-/m0/s1. The molecule has 3 rings (SSSR count). The molecule has 1 atom stereocenters. The normalized spacial score (nSPS) is 11.8. The number of urea groups is 1. The van der Waals surface area contributed by atoms with E-state index in [1.807, 2.05) is 12.1 Å². The molecule has 0 aliphatic heterocycles. The number of nitrogens with one attached hydrogen (secondary N) is 2. The van der Waals surface area contributed by atoms with E-state index in [9.17, 15) is 4.79 Å². The molecular formula is C20H20Cl2N4O3. The summed E-state index contributed by atoms with van der Waals surface area (Å²) >= 11 is 11.8. The molecule has 1 heterocycles. The molecule has 1 aromatic heterocycles. The summed E-state index contributed by atoms with van der Waals surface area (Å²) < 4.78 is 5.53. The number of carbonyl (C=O) groups excluding carboxylic acids is 1. The summed E-state index contributed by atoms with van der Waals surface area (Å²) in [5, 5.41) is 23.8. The Morgan fingerprint density at radius 2 is 1.59 bits per heavy atom. The Morgan fingerprint density at radius 1 is 0.966 bits per heavy atom. The smallest absolute Gasteiger partial charge is 0.319 e. The molecule has 0 saturated heterocycles. The van der Waals surface area contributed by atoms with Crippen molar-refractivity contribution in [1.82, 2.24) is 15.5 Å². The number of aromatic nitrogens is 2. The quantitative estimate of drug-likeness (QED) is 0.499. The third-order valence-corrected chi connectivity index (χ3v) is 4.59. The van der Waals surface area contributed by atoms with Gasteiger partial charge in [-0.25, -0.2) is 4.79 Å². The van der Waals surface area contributed by atoms with E-state index in [-0.39, 0.29) is 18.7 Å². The minimum atomic E-state index is -0.360. The maximum atomic E-state index is 12.5. The van der Waals surface area contributed by atoms with Gasteiger partial charge in [0.15, 0.2) is 0 Å². The summed E-state index contributed by atoms with van der Waals surface area (Å²) in [5.41, 5.74) is 1.63. The Morgan fingerprint density at radius 3 is 2.24 bits per heavy atom. The van der Waals surface area contributed by atoms with Gasteiger partial charge in [0.1, 0.15) is 0 Å². The average Bonchev–Trinajstić information content (AvgIpc) is 3.12. The number of aliphatic hydroxyl groups excluding tert-OH is 1. The van der Waals surface area contributed by atoms with Crippen LogP contribution in [0.4, 0.5) is 10.5 Å². The molecule has 29 heavy (non-hydrogen) atoms. The molecule has 0 saturated carbocycles. The number of hydrogen-bond acceptors (Lipinski definition) is 5. The van der Waals surface area contributed by atoms with Crippen molar-refractivity contribution in [3.05, 3.63) is 75.9 Å². The molecular weight excluding hydrogens is 415 g/mol.